The van der Waals surface area contributed by atoms with Crippen molar-refractivity contribution in [3.8, 4) is 0 Å². The van der Waals surface area contributed by atoms with Crippen LogP contribution in [0.15, 0.2) is 36.4 Å². The summed E-state index contributed by atoms with van der Waals surface area (Å²) in [5.41, 5.74) is 8.20. The number of rotatable bonds is 6. The average molecular weight is 357 g/mol. The largest absolute Gasteiger partial charge is 0.228 e. The molecule has 134 valence electrons. The van der Waals surface area contributed by atoms with Crippen LogP contribution in [-0.4, -0.2) is 13.7 Å². The summed E-state index contributed by atoms with van der Waals surface area (Å²) in [5, 5.41) is -0.324. The van der Waals surface area contributed by atoms with Crippen molar-refractivity contribution in [2.45, 2.75) is 63.9 Å². The first-order valence-electron chi connectivity index (χ1n) is 9.26. The maximum atomic E-state index is 12.0. The average Bonchev–Trinajstić information content (AvgIpc) is 3.05. The van der Waals surface area contributed by atoms with Crippen LogP contribution in [0.1, 0.15) is 53.6 Å². The Bertz CT molecular complexity index is 846. The topological polar surface area (TPSA) is 34.1 Å². The van der Waals surface area contributed by atoms with Gasteiger partial charge in [-0.1, -0.05) is 36.4 Å². The van der Waals surface area contributed by atoms with E-state index in [9.17, 15) is 8.42 Å². The van der Waals surface area contributed by atoms with Crippen LogP contribution >= 0.6 is 0 Å². The van der Waals surface area contributed by atoms with Crippen LogP contribution in [0.2, 0.25) is 0 Å². The zero-order valence-corrected chi connectivity index (χ0v) is 16.3. The molecule has 2 aromatic rings. The fraction of sp³-hybridized carbons (Fsp3) is 0.455. The molecule has 0 unspecified atom stereocenters. The van der Waals surface area contributed by atoms with E-state index in [2.05, 4.69) is 31.2 Å². The minimum atomic E-state index is -3.03. The van der Waals surface area contributed by atoms with Gasteiger partial charge in [0.2, 0.25) is 0 Å². The molecule has 2 nitrogen and oxygen atoms in total. The molecule has 0 amide bonds. The van der Waals surface area contributed by atoms with E-state index in [-0.39, 0.29) is 11.0 Å². The Morgan fingerprint density at radius 1 is 0.920 bits per heavy atom. The number of aryl methyl sites for hydroxylation is 3. The molecular weight excluding hydrogens is 328 g/mol. The third kappa shape index (κ3) is 4.14. The molecule has 0 fully saturated rings. The second-order valence-electron chi connectivity index (χ2n) is 7.51. The Labute approximate surface area is 152 Å². The van der Waals surface area contributed by atoms with Crippen molar-refractivity contribution >= 4 is 9.84 Å². The van der Waals surface area contributed by atoms with Gasteiger partial charge in [0.1, 0.15) is 0 Å². The first kappa shape index (κ1) is 18.2. The molecule has 0 radical (unpaired) electrons. The monoisotopic (exact) mass is 356 g/mol. The SMILES string of the molecule is Cc1c(CCc2ccc(CS(=O)(=O)C(C)C)cc2)ccc2c1CCC2. The van der Waals surface area contributed by atoms with E-state index >= 15 is 0 Å². The van der Waals surface area contributed by atoms with Gasteiger partial charge in [0.15, 0.2) is 9.84 Å². The highest BCUT2D eigenvalue weighted by Gasteiger charge is 2.17. The van der Waals surface area contributed by atoms with Crippen molar-refractivity contribution < 1.29 is 8.42 Å². The minimum absolute atomic E-state index is 0.134. The summed E-state index contributed by atoms with van der Waals surface area (Å²) >= 11 is 0. The van der Waals surface area contributed by atoms with E-state index in [1.54, 1.807) is 19.4 Å². The van der Waals surface area contributed by atoms with Gasteiger partial charge in [-0.05, 0) is 86.3 Å². The normalized spacial score (nSPS) is 14.1. The third-order valence-corrected chi connectivity index (χ3v) is 7.64. The van der Waals surface area contributed by atoms with Crippen LogP contribution < -0.4 is 0 Å². The van der Waals surface area contributed by atoms with E-state index in [0.717, 1.165) is 18.4 Å². The van der Waals surface area contributed by atoms with Crippen molar-refractivity contribution in [1.29, 1.82) is 0 Å². The first-order valence-corrected chi connectivity index (χ1v) is 11.0. The maximum absolute atomic E-state index is 12.0. The van der Waals surface area contributed by atoms with Gasteiger partial charge in [-0.3, -0.25) is 0 Å². The summed E-state index contributed by atoms with van der Waals surface area (Å²) < 4.78 is 24.1. The summed E-state index contributed by atoms with van der Waals surface area (Å²) in [6, 6.07) is 12.7. The first-order chi connectivity index (χ1) is 11.9. The summed E-state index contributed by atoms with van der Waals surface area (Å²) in [6.45, 7) is 5.74. The standard InChI is InChI=1S/C22H28O2S/c1-16(2)25(23,24)15-19-9-7-18(8-10-19)11-12-20-13-14-21-5-4-6-22(21)17(20)3/h7-10,13-14,16H,4-6,11-12,15H2,1-3H3. The quantitative estimate of drug-likeness (QED) is 0.758. The van der Waals surface area contributed by atoms with Crippen molar-refractivity contribution in [2.75, 3.05) is 0 Å². The van der Waals surface area contributed by atoms with Gasteiger partial charge >= 0.3 is 0 Å². The zero-order valence-electron chi connectivity index (χ0n) is 15.5. The van der Waals surface area contributed by atoms with Gasteiger partial charge in [0.25, 0.3) is 0 Å². The van der Waals surface area contributed by atoms with Crippen molar-refractivity contribution in [3.05, 3.63) is 69.8 Å². The number of benzene rings is 2. The summed E-state index contributed by atoms with van der Waals surface area (Å²) in [6.07, 6.45) is 5.80. The highest BCUT2D eigenvalue weighted by molar-refractivity contribution is 7.91. The fourth-order valence-corrected chi connectivity index (χ4v) is 4.64. The molecule has 0 atom stereocenters. The van der Waals surface area contributed by atoms with Gasteiger partial charge in [0.05, 0.1) is 11.0 Å². The van der Waals surface area contributed by atoms with Crippen LogP contribution in [0.3, 0.4) is 0 Å². The lowest BCUT2D eigenvalue weighted by atomic mass is 9.94. The number of hydrogen-bond acceptors (Lipinski definition) is 2. The van der Waals surface area contributed by atoms with E-state index in [4.69, 9.17) is 0 Å². The smallest absolute Gasteiger partial charge is 0.156 e. The highest BCUT2D eigenvalue weighted by Crippen LogP contribution is 2.28. The van der Waals surface area contributed by atoms with Gasteiger partial charge in [-0.25, -0.2) is 8.42 Å². The molecule has 1 aliphatic carbocycles. The second kappa shape index (κ2) is 7.33. The molecule has 0 saturated carbocycles. The van der Waals surface area contributed by atoms with Gasteiger partial charge in [-0.15, -0.1) is 0 Å². The predicted molar refractivity (Wildman–Crippen MR) is 105 cm³/mol. The maximum Gasteiger partial charge on any atom is 0.156 e. The molecule has 0 spiro atoms. The van der Waals surface area contributed by atoms with Crippen molar-refractivity contribution in [1.82, 2.24) is 0 Å². The minimum Gasteiger partial charge on any atom is -0.228 e. The number of sulfone groups is 1. The second-order valence-corrected chi connectivity index (χ2v) is 10.1. The van der Waals surface area contributed by atoms with E-state index < -0.39 is 9.84 Å². The highest BCUT2D eigenvalue weighted by atomic mass is 32.2. The fourth-order valence-electron chi connectivity index (χ4n) is 3.65. The summed E-state index contributed by atoms with van der Waals surface area (Å²) in [4.78, 5) is 0. The molecular formula is C22H28O2S. The van der Waals surface area contributed by atoms with Gasteiger partial charge in [-0.2, -0.15) is 0 Å². The Balaban J connectivity index is 1.65. The molecule has 0 N–H and O–H groups in total. The van der Waals surface area contributed by atoms with Crippen molar-refractivity contribution in [3.63, 3.8) is 0 Å². The van der Waals surface area contributed by atoms with Gasteiger partial charge < -0.3 is 0 Å². The molecule has 0 saturated heterocycles. The zero-order chi connectivity index (χ0) is 18.0. The number of fused-ring (bicyclic) bond motifs is 1. The lowest BCUT2D eigenvalue weighted by Crippen LogP contribution is -2.15. The molecule has 0 bridgehead atoms. The van der Waals surface area contributed by atoms with Crippen LogP contribution in [0.4, 0.5) is 0 Å². The Kier molecular flexibility index (Phi) is 5.33. The van der Waals surface area contributed by atoms with E-state index in [1.165, 1.54) is 41.5 Å². The molecule has 0 heterocycles. The lowest BCUT2D eigenvalue weighted by molar-refractivity contribution is 0.586. The molecule has 2 aromatic carbocycles. The molecule has 1 aliphatic rings. The Morgan fingerprint density at radius 2 is 1.60 bits per heavy atom. The van der Waals surface area contributed by atoms with Crippen LogP contribution in [0, 0.1) is 6.92 Å². The Morgan fingerprint density at radius 3 is 2.28 bits per heavy atom. The molecule has 25 heavy (non-hydrogen) atoms. The molecule has 0 aromatic heterocycles. The molecule has 0 aliphatic heterocycles. The van der Waals surface area contributed by atoms with E-state index in [0.29, 0.717) is 0 Å². The van der Waals surface area contributed by atoms with E-state index in [1.807, 2.05) is 12.1 Å². The third-order valence-electron chi connectivity index (χ3n) is 5.47. The number of hydrogen-bond donors (Lipinski definition) is 0. The molecule has 3 heteroatoms. The van der Waals surface area contributed by atoms with Crippen LogP contribution in [0.25, 0.3) is 0 Å². The van der Waals surface area contributed by atoms with Crippen molar-refractivity contribution in [2.24, 2.45) is 0 Å². The summed E-state index contributed by atoms with van der Waals surface area (Å²) in [5.74, 6) is 0.134. The predicted octanol–water partition coefficient (Wildman–Crippen LogP) is 4.59. The lowest BCUT2D eigenvalue weighted by Gasteiger charge is -2.12. The molecule has 3 rings (SSSR count). The Hall–Kier alpha value is -1.61. The van der Waals surface area contributed by atoms with Crippen LogP contribution in [0.5, 0.6) is 0 Å². The summed E-state index contributed by atoms with van der Waals surface area (Å²) in [7, 11) is -3.03. The van der Waals surface area contributed by atoms with Gasteiger partial charge in [0, 0.05) is 0 Å². The van der Waals surface area contributed by atoms with Crippen LogP contribution in [-0.2, 0) is 41.3 Å².